The molecule has 1 aromatic heterocycles. The average Bonchev–Trinajstić information content (AvgIpc) is 2.15. The first-order valence-corrected chi connectivity index (χ1v) is 4.74. The van der Waals surface area contributed by atoms with Crippen LogP contribution in [-0.2, 0) is 11.3 Å². The fraction of sp³-hybridized carbons (Fsp3) is 0.400. The number of carboxylic acids is 1. The van der Waals surface area contributed by atoms with Gasteiger partial charge in [0, 0.05) is 19.4 Å². The number of fused-ring (bicyclic) bond motifs is 1. The fourth-order valence-electron chi connectivity index (χ4n) is 1.48. The molecule has 0 atom stereocenters. The highest BCUT2D eigenvalue weighted by atomic mass is 16.7. The van der Waals surface area contributed by atoms with E-state index in [2.05, 4.69) is 4.98 Å². The lowest BCUT2D eigenvalue weighted by Crippen LogP contribution is -2.36. The van der Waals surface area contributed by atoms with Gasteiger partial charge in [-0.05, 0) is 0 Å². The zero-order valence-corrected chi connectivity index (χ0v) is 8.98. The number of anilines is 1. The highest BCUT2D eigenvalue weighted by molar-refractivity contribution is 5.90. The third kappa shape index (κ3) is 1.67. The molecule has 0 saturated heterocycles. The molecule has 1 aromatic rings. The quantitative estimate of drug-likeness (QED) is 0.739. The van der Waals surface area contributed by atoms with Crippen molar-refractivity contribution in [1.29, 1.82) is 0 Å². The van der Waals surface area contributed by atoms with Crippen LogP contribution in [0.5, 0.6) is 5.75 Å². The van der Waals surface area contributed by atoms with E-state index in [1.165, 1.54) is 6.20 Å². The maximum atomic E-state index is 11.0. The molecule has 0 aliphatic carbocycles. The molecule has 0 aromatic carbocycles. The van der Waals surface area contributed by atoms with Gasteiger partial charge in [-0.1, -0.05) is 0 Å². The van der Waals surface area contributed by atoms with Gasteiger partial charge in [-0.15, -0.1) is 0 Å². The molecule has 1 aliphatic rings. The van der Waals surface area contributed by atoms with Crippen LogP contribution in [0.1, 0.15) is 29.9 Å². The van der Waals surface area contributed by atoms with Gasteiger partial charge in [0.05, 0.1) is 18.5 Å². The van der Waals surface area contributed by atoms with Crippen molar-refractivity contribution in [2.75, 3.05) is 5.73 Å². The van der Waals surface area contributed by atoms with E-state index in [0.29, 0.717) is 11.3 Å². The second-order valence-electron chi connectivity index (χ2n) is 3.97. The Hall–Kier alpha value is -1.82. The summed E-state index contributed by atoms with van der Waals surface area (Å²) in [7, 11) is 0. The molecule has 6 heteroatoms. The van der Waals surface area contributed by atoms with E-state index < -0.39 is 11.8 Å². The van der Waals surface area contributed by atoms with Crippen molar-refractivity contribution in [2.45, 2.75) is 26.2 Å². The van der Waals surface area contributed by atoms with Gasteiger partial charge >= 0.3 is 5.97 Å². The normalized spacial score (nSPS) is 17.4. The first kappa shape index (κ1) is 10.7. The van der Waals surface area contributed by atoms with Gasteiger partial charge in [-0.25, -0.2) is 9.78 Å². The number of nitrogen functional groups attached to an aromatic ring is 1. The van der Waals surface area contributed by atoms with E-state index in [1.807, 2.05) is 0 Å². The summed E-state index contributed by atoms with van der Waals surface area (Å²) in [5, 5.41) is 8.98. The van der Waals surface area contributed by atoms with Crippen LogP contribution in [0, 0.1) is 0 Å². The third-order valence-corrected chi connectivity index (χ3v) is 2.28. The van der Waals surface area contributed by atoms with E-state index in [4.69, 9.17) is 20.3 Å². The van der Waals surface area contributed by atoms with Crippen molar-refractivity contribution in [2.24, 2.45) is 0 Å². The van der Waals surface area contributed by atoms with E-state index in [0.717, 1.165) is 0 Å². The minimum Gasteiger partial charge on any atom is -0.476 e. The van der Waals surface area contributed by atoms with Gasteiger partial charge in [0.1, 0.15) is 0 Å². The number of rotatable bonds is 1. The number of pyridine rings is 1. The summed E-state index contributed by atoms with van der Waals surface area (Å²) < 4.78 is 10.8. The first-order chi connectivity index (χ1) is 7.41. The number of hydrogen-bond donors (Lipinski definition) is 2. The van der Waals surface area contributed by atoms with Gasteiger partial charge < -0.3 is 20.3 Å². The molecule has 0 fully saturated rings. The lowest BCUT2D eigenvalue weighted by Gasteiger charge is -2.33. The standard InChI is InChI=1S/C10H12N2O4/c1-10(2)15-4-5-6(11)3-12-7(9(13)14)8(5)16-10/h3H,4,11H2,1-2H3,(H,13,14). The number of nitrogens with two attached hydrogens (primary N) is 1. The molecule has 0 radical (unpaired) electrons. The second kappa shape index (κ2) is 3.34. The molecule has 2 rings (SSSR count). The van der Waals surface area contributed by atoms with Crippen molar-refractivity contribution in [1.82, 2.24) is 4.98 Å². The van der Waals surface area contributed by atoms with Gasteiger partial charge in [0.25, 0.3) is 0 Å². The zero-order valence-electron chi connectivity index (χ0n) is 8.98. The number of carboxylic acid groups (broad SMARTS) is 1. The maximum absolute atomic E-state index is 11.0. The van der Waals surface area contributed by atoms with Gasteiger partial charge in [-0.3, -0.25) is 0 Å². The summed E-state index contributed by atoms with van der Waals surface area (Å²) in [6, 6.07) is 0. The monoisotopic (exact) mass is 224 g/mol. The number of nitrogens with zero attached hydrogens (tertiary/aromatic N) is 1. The Labute approximate surface area is 92.0 Å². The Bertz CT molecular complexity index is 456. The minimum atomic E-state index is -1.14. The van der Waals surface area contributed by atoms with Crippen LogP contribution in [0.25, 0.3) is 0 Å². The second-order valence-corrected chi connectivity index (χ2v) is 3.97. The largest absolute Gasteiger partial charge is 0.476 e. The molecule has 3 N–H and O–H groups in total. The summed E-state index contributed by atoms with van der Waals surface area (Å²) in [5.41, 5.74) is 6.45. The van der Waals surface area contributed by atoms with E-state index in [1.54, 1.807) is 13.8 Å². The number of aromatic carboxylic acids is 1. The average molecular weight is 224 g/mol. The molecule has 6 nitrogen and oxygen atoms in total. The van der Waals surface area contributed by atoms with Crippen LogP contribution in [-0.4, -0.2) is 21.8 Å². The number of carbonyl (C=O) groups is 1. The Kier molecular flexibility index (Phi) is 2.23. The predicted molar refractivity (Wildman–Crippen MR) is 55.1 cm³/mol. The molecule has 0 bridgehead atoms. The molecule has 0 amide bonds. The SMILES string of the molecule is CC1(C)OCc2c(N)cnc(C(=O)O)c2O1. The predicted octanol–water partition coefficient (Wildman–Crippen LogP) is 1.01. The highest BCUT2D eigenvalue weighted by Gasteiger charge is 2.32. The van der Waals surface area contributed by atoms with Crippen LogP contribution >= 0.6 is 0 Å². The molecule has 1 aliphatic heterocycles. The zero-order chi connectivity index (χ0) is 11.9. The Morgan fingerprint density at radius 3 is 2.94 bits per heavy atom. The van der Waals surface area contributed by atoms with Crippen molar-refractivity contribution in [3.05, 3.63) is 17.5 Å². The lowest BCUT2D eigenvalue weighted by atomic mass is 10.1. The Morgan fingerprint density at radius 1 is 1.62 bits per heavy atom. The van der Waals surface area contributed by atoms with E-state index in [-0.39, 0.29) is 18.1 Å². The third-order valence-electron chi connectivity index (χ3n) is 2.28. The van der Waals surface area contributed by atoms with E-state index in [9.17, 15) is 4.79 Å². The van der Waals surface area contributed by atoms with Crippen molar-refractivity contribution < 1.29 is 19.4 Å². The lowest BCUT2D eigenvalue weighted by molar-refractivity contribution is -0.180. The molecule has 2 heterocycles. The van der Waals surface area contributed by atoms with Crippen LogP contribution in [0.4, 0.5) is 5.69 Å². The minimum absolute atomic E-state index is 0.138. The van der Waals surface area contributed by atoms with Crippen LogP contribution in [0.15, 0.2) is 6.20 Å². The van der Waals surface area contributed by atoms with Crippen molar-refractivity contribution in [3.63, 3.8) is 0 Å². The van der Waals surface area contributed by atoms with Crippen molar-refractivity contribution in [3.8, 4) is 5.75 Å². The Balaban J connectivity index is 2.58. The van der Waals surface area contributed by atoms with Crippen LogP contribution < -0.4 is 10.5 Å². The summed E-state index contributed by atoms with van der Waals surface area (Å²) in [6.45, 7) is 3.62. The van der Waals surface area contributed by atoms with E-state index >= 15 is 0 Å². The fourth-order valence-corrected chi connectivity index (χ4v) is 1.48. The summed E-state index contributed by atoms with van der Waals surface area (Å²) in [5.74, 6) is -1.81. The number of hydrogen-bond acceptors (Lipinski definition) is 5. The smallest absolute Gasteiger partial charge is 0.358 e. The number of aromatic nitrogens is 1. The first-order valence-electron chi connectivity index (χ1n) is 4.74. The van der Waals surface area contributed by atoms with Crippen LogP contribution in [0.3, 0.4) is 0 Å². The van der Waals surface area contributed by atoms with Crippen molar-refractivity contribution >= 4 is 11.7 Å². The topological polar surface area (TPSA) is 94.7 Å². The maximum Gasteiger partial charge on any atom is 0.358 e. The molecule has 16 heavy (non-hydrogen) atoms. The summed E-state index contributed by atoms with van der Waals surface area (Å²) >= 11 is 0. The molecular formula is C10H12N2O4. The number of ether oxygens (including phenoxy) is 2. The summed E-state index contributed by atoms with van der Waals surface area (Å²) in [6.07, 6.45) is 1.30. The van der Waals surface area contributed by atoms with Gasteiger partial charge in [-0.2, -0.15) is 0 Å². The van der Waals surface area contributed by atoms with Crippen LogP contribution in [0.2, 0.25) is 0 Å². The Morgan fingerprint density at radius 2 is 2.31 bits per heavy atom. The molecule has 0 spiro atoms. The van der Waals surface area contributed by atoms with Gasteiger partial charge in [0.2, 0.25) is 5.79 Å². The molecule has 0 saturated carbocycles. The highest BCUT2D eigenvalue weighted by Crippen LogP contribution is 2.36. The molecule has 0 unspecified atom stereocenters. The van der Waals surface area contributed by atoms with Gasteiger partial charge in [0.15, 0.2) is 11.4 Å². The summed E-state index contributed by atoms with van der Waals surface area (Å²) in [4.78, 5) is 14.7. The molecule has 86 valence electrons. The molecular weight excluding hydrogens is 212 g/mol.